The van der Waals surface area contributed by atoms with E-state index >= 15 is 0 Å². The fourth-order valence-corrected chi connectivity index (χ4v) is 5.50. The molecule has 42 heavy (non-hydrogen) atoms. The minimum atomic E-state index is -4.87. The first kappa shape index (κ1) is 31.5. The summed E-state index contributed by atoms with van der Waals surface area (Å²) < 4.78 is 122. The van der Waals surface area contributed by atoms with Crippen molar-refractivity contribution in [3.05, 3.63) is 40.6 Å². The second-order valence-electron chi connectivity index (χ2n) is 10.0. The van der Waals surface area contributed by atoms with Gasteiger partial charge in [0.05, 0.1) is 17.8 Å². The molecule has 1 spiro atoms. The molecule has 0 radical (unpaired) electrons. The molecule has 232 valence electrons. The number of hydrogen-bond acceptors (Lipinski definition) is 7. The third-order valence-electron chi connectivity index (χ3n) is 6.67. The number of alkyl halides is 7. The van der Waals surface area contributed by atoms with Crippen LogP contribution in [0.5, 0.6) is 5.75 Å². The van der Waals surface area contributed by atoms with Crippen LogP contribution in [0, 0.1) is 0 Å². The van der Waals surface area contributed by atoms with Crippen LogP contribution in [0.15, 0.2) is 18.2 Å². The number of hydrogen-bond donors (Lipinski definition) is 2. The van der Waals surface area contributed by atoms with Gasteiger partial charge in [0.15, 0.2) is 16.4 Å². The van der Waals surface area contributed by atoms with E-state index in [9.17, 15) is 48.7 Å². The number of nitrogens with one attached hydrogen (secondary N) is 2. The molecule has 2 aromatic rings. The van der Waals surface area contributed by atoms with Crippen molar-refractivity contribution in [3.8, 4) is 5.75 Å². The van der Waals surface area contributed by atoms with Crippen LogP contribution in [0.2, 0.25) is 0 Å². The molecule has 2 N–H and O–H groups in total. The first-order valence-electron chi connectivity index (χ1n) is 12.4. The van der Waals surface area contributed by atoms with Crippen molar-refractivity contribution in [2.45, 2.75) is 56.5 Å². The van der Waals surface area contributed by atoms with Crippen molar-refractivity contribution in [2.75, 3.05) is 30.5 Å². The van der Waals surface area contributed by atoms with E-state index in [0.29, 0.717) is 24.0 Å². The maximum absolute atomic E-state index is 13.4. The molecule has 0 saturated carbocycles. The van der Waals surface area contributed by atoms with Gasteiger partial charge in [0.2, 0.25) is 5.91 Å². The van der Waals surface area contributed by atoms with Gasteiger partial charge in [0.1, 0.15) is 22.9 Å². The van der Waals surface area contributed by atoms with Gasteiger partial charge in [-0.1, -0.05) is 6.07 Å². The van der Waals surface area contributed by atoms with Crippen LogP contribution in [-0.2, 0) is 44.3 Å². The first-order valence-corrected chi connectivity index (χ1v) is 14.5. The van der Waals surface area contributed by atoms with Gasteiger partial charge in [-0.25, -0.2) is 21.9 Å². The maximum atomic E-state index is 13.4. The van der Waals surface area contributed by atoms with Crippen LogP contribution in [0.4, 0.5) is 36.6 Å². The molecule has 0 fully saturated rings. The lowest BCUT2D eigenvalue weighted by molar-refractivity contribution is -0.324. The first-order chi connectivity index (χ1) is 19.4. The normalized spacial score (nSPS) is 18.6. The second-order valence-corrected chi connectivity index (χ2v) is 12.2. The number of ether oxygens (including phenoxy) is 2. The number of carbonyl (C=O) groups excluding carboxylic acids is 2. The van der Waals surface area contributed by atoms with Gasteiger partial charge in [-0.2, -0.15) is 13.9 Å². The Morgan fingerprint density at radius 3 is 2.60 bits per heavy atom. The highest BCUT2D eigenvalue weighted by Crippen LogP contribution is 2.44. The van der Waals surface area contributed by atoms with Gasteiger partial charge >= 0.3 is 18.7 Å². The Kier molecular flexibility index (Phi) is 8.52. The van der Waals surface area contributed by atoms with Gasteiger partial charge in [-0.3, -0.25) is 14.3 Å². The number of nitrogens with zero attached hydrogens (tertiary/aromatic N) is 2. The van der Waals surface area contributed by atoms with E-state index in [1.54, 1.807) is 0 Å². The van der Waals surface area contributed by atoms with Gasteiger partial charge in [0, 0.05) is 19.2 Å². The van der Waals surface area contributed by atoms with Crippen molar-refractivity contribution in [1.82, 2.24) is 15.1 Å². The minimum Gasteiger partial charge on any atom is -0.487 e. The van der Waals surface area contributed by atoms with Crippen LogP contribution < -0.4 is 15.4 Å². The smallest absolute Gasteiger partial charge is 0.487 e. The lowest BCUT2D eigenvalue weighted by atomic mass is 9.82. The van der Waals surface area contributed by atoms with Crippen LogP contribution in [0.25, 0.3) is 0 Å². The summed E-state index contributed by atoms with van der Waals surface area (Å²) in [6, 6.07) is 4.21. The zero-order valence-electron chi connectivity index (χ0n) is 21.9. The molecular weight excluding hydrogens is 605 g/mol. The molecule has 1 aliphatic carbocycles. The molecule has 4 rings (SSSR count). The third-order valence-corrected chi connectivity index (χ3v) is 7.46. The van der Waals surface area contributed by atoms with Gasteiger partial charge in [0.25, 0.3) is 5.91 Å². The van der Waals surface area contributed by atoms with Crippen molar-refractivity contribution in [3.63, 3.8) is 0 Å². The number of aryl methyl sites for hydroxylation is 2. The monoisotopic (exact) mass is 630 g/mol. The van der Waals surface area contributed by atoms with Crippen molar-refractivity contribution >= 4 is 27.5 Å². The van der Waals surface area contributed by atoms with E-state index in [2.05, 4.69) is 20.5 Å². The number of sulfone groups is 1. The zero-order chi connectivity index (χ0) is 31.1. The van der Waals surface area contributed by atoms with Crippen molar-refractivity contribution in [2.24, 2.45) is 0 Å². The third kappa shape index (κ3) is 7.14. The molecule has 0 saturated heterocycles. The number of aromatic nitrogens is 2. The summed E-state index contributed by atoms with van der Waals surface area (Å²) >= 11 is 0. The Balaban J connectivity index is 1.60. The molecule has 18 heteroatoms. The van der Waals surface area contributed by atoms with Gasteiger partial charge in [-0.15, -0.1) is 13.2 Å². The standard InChI is InChI=1S/C24H25F7N4O6S/c1-42(38,39)11-17(36)32-19-18-16(34-35(19)7-2-8-41-24(29,30)31)10-22(33-20(18)37)6-5-13-9-14(3-4-15(13)22)40-12-23(27,28)21(25)26/h3-4,9,21H,2,5-8,10-12H2,1H3,(H,32,36)(H,33,37)/t22-/m1/s1. The lowest BCUT2D eigenvalue weighted by Crippen LogP contribution is -2.49. The second kappa shape index (κ2) is 11.3. The van der Waals surface area contributed by atoms with Crippen LogP contribution in [-0.4, -0.2) is 73.9 Å². The van der Waals surface area contributed by atoms with E-state index in [-0.39, 0.29) is 42.2 Å². The van der Waals surface area contributed by atoms with Gasteiger partial charge in [-0.05, 0) is 42.5 Å². The predicted molar refractivity (Wildman–Crippen MR) is 131 cm³/mol. The quantitative estimate of drug-likeness (QED) is 0.288. The number of amides is 2. The topological polar surface area (TPSA) is 129 Å². The Labute approximate surface area is 234 Å². The summed E-state index contributed by atoms with van der Waals surface area (Å²) in [5.74, 6) is -7.22. The Morgan fingerprint density at radius 2 is 1.95 bits per heavy atom. The fraction of sp³-hybridized carbons (Fsp3) is 0.542. The molecule has 1 aromatic carbocycles. The van der Waals surface area contributed by atoms with Crippen LogP contribution >= 0.6 is 0 Å². The number of rotatable bonds is 11. The Morgan fingerprint density at radius 1 is 1.24 bits per heavy atom. The zero-order valence-corrected chi connectivity index (χ0v) is 22.7. The highest BCUT2D eigenvalue weighted by atomic mass is 32.2. The molecule has 2 heterocycles. The van der Waals surface area contributed by atoms with Crippen molar-refractivity contribution in [1.29, 1.82) is 0 Å². The number of halogens is 7. The molecule has 2 amide bonds. The summed E-state index contributed by atoms with van der Waals surface area (Å²) in [4.78, 5) is 25.8. The summed E-state index contributed by atoms with van der Waals surface area (Å²) in [5, 5.41) is 9.53. The molecule has 1 atom stereocenters. The van der Waals surface area contributed by atoms with E-state index in [4.69, 9.17) is 4.74 Å². The average molecular weight is 631 g/mol. The highest BCUT2D eigenvalue weighted by Gasteiger charge is 2.47. The molecule has 0 bridgehead atoms. The molecule has 1 aliphatic heterocycles. The van der Waals surface area contributed by atoms with Gasteiger partial charge < -0.3 is 15.4 Å². The molecule has 2 aliphatic rings. The molecule has 10 nitrogen and oxygen atoms in total. The molecule has 1 aromatic heterocycles. The molecule has 0 unspecified atom stereocenters. The summed E-state index contributed by atoms with van der Waals surface area (Å²) in [7, 11) is -3.76. The van der Waals surface area contributed by atoms with Crippen molar-refractivity contribution < 1.29 is 58.2 Å². The summed E-state index contributed by atoms with van der Waals surface area (Å²) in [6.45, 7) is -2.51. The van der Waals surface area contributed by atoms with E-state index in [1.165, 1.54) is 18.2 Å². The summed E-state index contributed by atoms with van der Waals surface area (Å²) in [5.41, 5.74) is 0.237. The SMILES string of the molecule is CS(=O)(=O)CC(=O)Nc1c2c(nn1CCCOC(F)(F)F)C[C@@]1(CCc3cc(OCC(F)(F)C(F)F)ccc31)NC2=O. The predicted octanol–water partition coefficient (Wildman–Crippen LogP) is 3.20. The van der Waals surface area contributed by atoms with Crippen LogP contribution in [0.3, 0.4) is 0 Å². The highest BCUT2D eigenvalue weighted by molar-refractivity contribution is 7.91. The number of benzene rings is 1. The molecular formula is C24H25F7N4O6S. The Hall–Kier alpha value is -3.41. The number of fused-ring (bicyclic) bond motifs is 3. The maximum Gasteiger partial charge on any atom is 0.522 e. The number of carbonyl (C=O) groups is 2. The fourth-order valence-electron chi connectivity index (χ4n) is 4.95. The van der Waals surface area contributed by atoms with E-state index in [0.717, 1.165) is 10.9 Å². The number of anilines is 1. The Bertz CT molecular complexity index is 1480. The summed E-state index contributed by atoms with van der Waals surface area (Å²) in [6.07, 6.45) is -7.44. The van der Waals surface area contributed by atoms with E-state index < -0.39 is 64.9 Å². The minimum absolute atomic E-state index is 0.0612. The average Bonchev–Trinajstić information content (AvgIpc) is 3.36. The van der Waals surface area contributed by atoms with E-state index in [1.807, 2.05) is 0 Å². The lowest BCUT2D eigenvalue weighted by Gasteiger charge is -2.35. The largest absolute Gasteiger partial charge is 0.522 e. The van der Waals surface area contributed by atoms with Crippen LogP contribution in [0.1, 0.15) is 40.0 Å².